The number of halogens is 4. The summed E-state index contributed by atoms with van der Waals surface area (Å²) in [5.41, 5.74) is 2.61. The monoisotopic (exact) mass is 511 g/mol. The van der Waals surface area contributed by atoms with Crippen LogP contribution in [0.5, 0.6) is 5.88 Å². The molecule has 2 aromatic heterocycles. The molecule has 0 saturated heterocycles. The fourth-order valence-electron chi connectivity index (χ4n) is 5.06. The summed E-state index contributed by atoms with van der Waals surface area (Å²) in [7, 11) is 0. The van der Waals surface area contributed by atoms with E-state index in [0.717, 1.165) is 74.1 Å². The SMILES string of the molecule is O=C(Cc1cnn(CF)c1)NC1CCC(CCN2CCc3ccc(OCC(F)(F)F)nc3CC2)CC1. The van der Waals surface area contributed by atoms with Gasteiger partial charge < -0.3 is 15.0 Å². The minimum absolute atomic E-state index is 0.0261. The molecule has 0 unspecified atom stereocenters. The van der Waals surface area contributed by atoms with Crippen molar-refractivity contribution in [3.63, 3.8) is 0 Å². The van der Waals surface area contributed by atoms with Gasteiger partial charge in [-0.2, -0.15) is 18.3 Å². The van der Waals surface area contributed by atoms with E-state index in [4.69, 9.17) is 4.74 Å². The Morgan fingerprint density at radius 2 is 1.92 bits per heavy atom. The molecular weight excluding hydrogens is 478 g/mol. The van der Waals surface area contributed by atoms with Crippen molar-refractivity contribution in [2.75, 3.05) is 26.2 Å². The minimum Gasteiger partial charge on any atom is -0.468 e. The second kappa shape index (κ2) is 12.0. The molecular formula is C25H33F4N5O2. The molecule has 198 valence electrons. The van der Waals surface area contributed by atoms with Crippen molar-refractivity contribution >= 4 is 5.91 Å². The summed E-state index contributed by atoms with van der Waals surface area (Å²) < 4.78 is 55.8. The summed E-state index contributed by atoms with van der Waals surface area (Å²) >= 11 is 0. The van der Waals surface area contributed by atoms with E-state index < -0.39 is 19.6 Å². The number of nitrogens with zero attached hydrogens (tertiary/aromatic N) is 4. The van der Waals surface area contributed by atoms with Crippen molar-refractivity contribution in [2.45, 2.75) is 70.4 Å². The van der Waals surface area contributed by atoms with Gasteiger partial charge >= 0.3 is 6.18 Å². The van der Waals surface area contributed by atoms with E-state index in [2.05, 4.69) is 20.3 Å². The number of aromatic nitrogens is 3. The number of hydrogen-bond acceptors (Lipinski definition) is 5. The van der Waals surface area contributed by atoms with E-state index in [0.29, 0.717) is 17.9 Å². The summed E-state index contributed by atoms with van der Waals surface area (Å²) in [6.45, 7) is 0.678. The van der Waals surface area contributed by atoms with Crippen LogP contribution in [0.4, 0.5) is 17.6 Å². The molecule has 0 aromatic carbocycles. The van der Waals surface area contributed by atoms with Crippen LogP contribution in [0.1, 0.15) is 48.9 Å². The molecule has 0 bridgehead atoms. The molecule has 1 fully saturated rings. The van der Waals surface area contributed by atoms with Crippen LogP contribution in [-0.2, 0) is 30.9 Å². The van der Waals surface area contributed by atoms with Gasteiger partial charge in [0, 0.05) is 43.5 Å². The van der Waals surface area contributed by atoms with Crippen LogP contribution in [0, 0.1) is 5.92 Å². The van der Waals surface area contributed by atoms with Crippen molar-refractivity contribution < 1.29 is 27.1 Å². The van der Waals surface area contributed by atoms with E-state index in [1.807, 2.05) is 6.07 Å². The smallest absolute Gasteiger partial charge is 0.422 e. The number of fused-ring (bicyclic) bond motifs is 1. The molecule has 2 aliphatic rings. The zero-order chi connectivity index (χ0) is 25.5. The van der Waals surface area contributed by atoms with Gasteiger partial charge in [-0.05, 0) is 62.1 Å². The highest BCUT2D eigenvalue weighted by atomic mass is 19.4. The Balaban J connectivity index is 1.15. The van der Waals surface area contributed by atoms with Gasteiger partial charge in [0.2, 0.25) is 11.8 Å². The lowest BCUT2D eigenvalue weighted by molar-refractivity contribution is -0.154. The highest BCUT2D eigenvalue weighted by Gasteiger charge is 2.29. The second-order valence-electron chi connectivity index (χ2n) is 9.76. The predicted molar refractivity (Wildman–Crippen MR) is 125 cm³/mol. The van der Waals surface area contributed by atoms with Crippen molar-refractivity contribution in [1.82, 2.24) is 25.0 Å². The number of amides is 1. The molecule has 1 aliphatic heterocycles. The molecule has 4 rings (SSSR count). The largest absolute Gasteiger partial charge is 0.468 e. The third kappa shape index (κ3) is 7.91. The molecule has 0 atom stereocenters. The third-order valence-corrected chi connectivity index (χ3v) is 7.03. The molecule has 0 radical (unpaired) electrons. The first-order valence-corrected chi connectivity index (χ1v) is 12.5. The second-order valence-corrected chi connectivity index (χ2v) is 9.76. The van der Waals surface area contributed by atoms with Gasteiger partial charge in [-0.1, -0.05) is 6.07 Å². The van der Waals surface area contributed by atoms with Gasteiger partial charge in [0.05, 0.1) is 12.6 Å². The fourth-order valence-corrected chi connectivity index (χ4v) is 5.06. The molecule has 2 aromatic rings. The van der Waals surface area contributed by atoms with Gasteiger partial charge in [-0.3, -0.25) is 4.79 Å². The van der Waals surface area contributed by atoms with Crippen LogP contribution in [-0.4, -0.2) is 64.0 Å². The first kappa shape index (κ1) is 26.4. The summed E-state index contributed by atoms with van der Waals surface area (Å²) in [6, 6.07) is 3.53. The third-order valence-electron chi connectivity index (χ3n) is 7.03. The Morgan fingerprint density at radius 3 is 2.64 bits per heavy atom. The maximum absolute atomic E-state index is 12.6. The molecule has 7 nitrogen and oxygen atoms in total. The van der Waals surface area contributed by atoms with Gasteiger partial charge in [-0.15, -0.1) is 0 Å². The molecule has 0 spiro atoms. The van der Waals surface area contributed by atoms with Crippen molar-refractivity contribution in [3.05, 3.63) is 41.3 Å². The van der Waals surface area contributed by atoms with Crippen LogP contribution in [0.2, 0.25) is 0 Å². The van der Waals surface area contributed by atoms with Crippen LogP contribution in [0.25, 0.3) is 0 Å². The highest BCUT2D eigenvalue weighted by Crippen LogP contribution is 2.28. The number of carbonyl (C=O) groups excluding carboxylic acids is 1. The zero-order valence-electron chi connectivity index (χ0n) is 20.3. The summed E-state index contributed by atoms with van der Waals surface area (Å²) in [5.74, 6) is 0.590. The summed E-state index contributed by atoms with van der Waals surface area (Å²) in [4.78, 5) is 19.0. The number of hydrogen-bond donors (Lipinski definition) is 1. The van der Waals surface area contributed by atoms with Crippen molar-refractivity contribution in [2.24, 2.45) is 5.92 Å². The highest BCUT2D eigenvalue weighted by molar-refractivity contribution is 5.78. The first-order chi connectivity index (χ1) is 17.3. The Morgan fingerprint density at radius 1 is 1.14 bits per heavy atom. The molecule has 1 saturated carbocycles. The Hall–Kier alpha value is -2.69. The molecule has 36 heavy (non-hydrogen) atoms. The van der Waals surface area contributed by atoms with E-state index >= 15 is 0 Å². The molecule has 1 amide bonds. The van der Waals surface area contributed by atoms with Crippen molar-refractivity contribution in [3.8, 4) is 5.88 Å². The maximum atomic E-state index is 12.6. The predicted octanol–water partition coefficient (Wildman–Crippen LogP) is 3.85. The topological polar surface area (TPSA) is 72.3 Å². The number of nitrogens with one attached hydrogen (secondary N) is 1. The molecule has 11 heteroatoms. The normalized spacial score (nSPS) is 21.0. The lowest BCUT2D eigenvalue weighted by atomic mass is 9.84. The molecule has 1 N–H and O–H groups in total. The standard InChI is InChI=1S/C25H33F4N5O2/c26-17-34-15-19(14-30-34)13-23(35)31-21-4-1-18(2-5-21)7-10-33-11-8-20-3-6-24(32-22(20)9-12-33)36-16-25(27,28)29/h3,6,14-15,18,21H,1-2,4-5,7-13,16-17H2,(H,31,35). The Bertz CT molecular complexity index is 1000. The number of carbonyl (C=O) groups is 1. The summed E-state index contributed by atoms with van der Waals surface area (Å²) in [6.07, 6.45) is 5.56. The van der Waals surface area contributed by atoms with Gasteiger partial charge in [0.25, 0.3) is 0 Å². The summed E-state index contributed by atoms with van der Waals surface area (Å²) in [5, 5.41) is 6.95. The van der Waals surface area contributed by atoms with Crippen LogP contribution < -0.4 is 10.1 Å². The van der Waals surface area contributed by atoms with Gasteiger partial charge in [-0.25, -0.2) is 14.1 Å². The average molecular weight is 512 g/mol. The lowest BCUT2D eigenvalue weighted by Crippen LogP contribution is -2.39. The van der Waals surface area contributed by atoms with Gasteiger partial charge in [0.15, 0.2) is 13.4 Å². The van der Waals surface area contributed by atoms with Crippen LogP contribution >= 0.6 is 0 Å². The average Bonchev–Trinajstić information content (AvgIpc) is 3.20. The number of alkyl halides is 4. The Kier molecular flexibility index (Phi) is 8.81. The Labute approximate surface area is 208 Å². The first-order valence-electron chi connectivity index (χ1n) is 12.5. The lowest BCUT2D eigenvalue weighted by Gasteiger charge is -2.30. The van der Waals surface area contributed by atoms with Crippen molar-refractivity contribution in [1.29, 1.82) is 0 Å². The van der Waals surface area contributed by atoms with E-state index in [-0.39, 0.29) is 24.2 Å². The molecule has 1 aliphatic carbocycles. The van der Waals surface area contributed by atoms with Gasteiger partial charge in [0.1, 0.15) is 0 Å². The van der Waals surface area contributed by atoms with Crippen LogP contribution in [0.15, 0.2) is 24.5 Å². The quantitative estimate of drug-likeness (QED) is 0.518. The zero-order valence-corrected chi connectivity index (χ0v) is 20.3. The number of pyridine rings is 1. The van der Waals surface area contributed by atoms with E-state index in [9.17, 15) is 22.4 Å². The number of rotatable bonds is 9. The molecule has 3 heterocycles. The maximum Gasteiger partial charge on any atom is 0.422 e. The van der Waals surface area contributed by atoms with E-state index in [1.165, 1.54) is 12.3 Å². The van der Waals surface area contributed by atoms with E-state index in [1.54, 1.807) is 6.20 Å². The van der Waals surface area contributed by atoms with Crippen LogP contribution in [0.3, 0.4) is 0 Å². The minimum atomic E-state index is -4.38. The fraction of sp³-hybridized carbons (Fsp3) is 0.640. The number of ether oxygens (including phenoxy) is 1.